The van der Waals surface area contributed by atoms with Gasteiger partial charge in [0.15, 0.2) is 0 Å². The smallest absolute Gasteiger partial charge is 0.205 e. The van der Waals surface area contributed by atoms with E-state index in [-0.39, 0.29) is 0 Å². The molecule has 0 aromatic heterocycles. The van der Waals surface area contributed by atoms with E-state index in [9.17, 15) is 0 Å². The zero-order chi connectivity index (χ0) is 7.11. The van der Waals surface area contributed by atoms with Crippen LogP contribution >= 0.6 is 0 Å². The lowest BCUT2D eigenvalue weighted by Crippen LogP contribution is -1.85. The molecule has 2 heteroatoms. The van der Waals surface area contributed by atoms with Crippen LogP contribution in [0, 0.1) is 0 Å². The molecule has 0 aromatic rings. The van der Waals surface area contributed by atoms with Crippen molar-refractivity contribution in [3.8, 4) is 0 Å². The van der Waals surface area contributed by atoms with Crippen molar-refractivity contribution in [2.24, 2.45) is 4.99 Å². The maximum atomic E-state index is 4.90. The minimum atomic E-state index is 0.428. The lowest BCUT2D eigenvalue weighted by molar-refractivity contribution is 0.229. The fourth-order valence-corrected chi connectivity index (χ4v) is 0.340. The summed E-state index contributed by atoms with van der Waals surface area (Å²) in [5, 5.41) is 0. The van der Waals surface area contributed by atoms with Gasteiger partial charge in [-0.1, -0.05) is 12.7 Å². The first-order chi connectivity index (χ1) is 4.31. The van der Waals surface area contributed by atoms with Gasteiger partial charge in [-0.25, -0.2) is 4.99 Å². The molecule has 0 saturated heterocycles. The average Bonchev–Trinajstić information content (AvgIpc) is 1.85. The van der Waals surface area contributed by atoms with E-state index >= 15 is 0 Å². The molecule has 0 radical (unpaired) electrons. The van der Waals surface area contributed by atoms with Crippen molar-refractivity contribution in [1.29, 1.82) is 0 Å². The first kappa shape index (κ1) is 7.95. The topological polar surface area (TPSA) is 21.6 Å². The van der Waals surface area contributed by atoms with E-state index in [0.717, 1.165) is 0 Å². The second kappa shape index (κ2) is 5.09. The van der Waals surface area contributed by atoms with Crippen LogP contribution in [0.2, 0.25) is 0 Å². The van der Waals surface area contributed by atoms with Crippen LogP contribution in [0.5, 0.6) is 0 Å². The first-order valence-electron chi connectivity index (χ1n) is 2.78. The summed E-state index contributed by atoms with van der Waals surface area (Å²) in [6.45, 7) is 9.45. The monoisotopic (exact) mass is 125 g/mol. The van der Waals surface area contributed by atoms with Crippen LogP contribution in [0.4, 0.5) is 0 Å². The van der Waals surface area contributed by atoms with Crippen molar-refractivity contribution in [3.63, 3.8) is 0 Å². The number of hydrogen-bond acceptors (Lipinski definition) is 2. The fraction of sp³-hybridized carbons (Fsp3) is 0.286. The molecule has 0 N–H and O–H groups in total. The van der Waals surface area contributed by atoms with Gasteiger partial charge in [-0.05, 0) is 13.5 Å². The summed E-state index contributed by atoms with van der Waals surface area (Å²) in [7, 11) is 0. The summed E-state index contributed by atoms with van der Waals surface area (Å²) in [6.07, 6.45) is 3.11. The number of hydrogen-bond donors (Lipinski definition) is 0. The summed E-state index contributed by atoms with van der Waals surface area (Å²) in [6, 6.07) is 0. The van der Waals surface area contributed by atoms with E-state index in [0.29, 0.717) is 12.5 Å². The Morgan fingerprint density at radius 2 is 2.44 bits per heavy atom. The molecule has 0 bridgehead atoms. The lowest BCUT2D eigenvalue weighted by Gasteiger charge is -1.97. The normalized spacial score (nSPS) is 9.44. The Morgan fingerprint density at radius 3 is 2.89 bits per heavy atom. The Morgan fingerprint density at radius 1 is 1.78 bits per heavy atom. The summed E-state index contributed by atoms with van der Waals surface area (Å²) in [4.78, 5) is 3.77. The summed E-state index contributed by atoms with van der Waals surface area (Å²) < 4.78 is 4.90. The predicted molar refractivity (Wildman–Crippen MR) is 39.5 cm³/mol. The Balaban J connectivity index is 3.49. The second-order valence-electron chi connectivity index (χ2n) is 1.34. The van der Waals surface area contributed by atoms with Gasteiger partial charge in [-0.3, -0.25) is 0 Å². The van der Waals surface area contributed by atoms with E-state index in [1.165, 1.54) is 6.21 Å². The Labute approximate surface area is 55.6 Å². The molecule has 0 saturated carbocycles. The van der Waals surface area contributed by atoms with Crippen molar-refractivity contribution in [2.75, 3.05) is 6.61 Å². The van der Waals surface area contributed by atoms with E-state index in [4.69, 9.17) is 4.74 Å². The molecular weight excluding hydrogens is 114 g/mol. The zero-order valence-electron chi connectivity index (χ0n) is 5.63. The molecule has 2 nitrogen and oxygen atoms in total. The lowest BCUT2D eigenvalue weighted by atomic mass is 10.7. The van der Waals surface area contributed by atoms with E-state index in [2.05, 4.69) is 18.2 Å². The Bertz CT molecular complexity index is 127. The highest BCUT2D eigenvalue weighted by atomic mass is 16.5. The highest BCUT2D eigenvalue weighted by molar-refractivity contribution is 5.70. The SMILES string of the molecule is C=C/C=N\C(=C)OCC. The maximum absolute atomic E-state index is 4.90. The van der Waals surface area contributed by atoms with Crippen LogP contribution in [-0.2, 0) is 4.74 Å². The molecule has 0 amide bonds. The van der Waals surface area contributed by atoms with E-state index in [1.54, 1.807) is 6.08 Å². The molecule has 0 aliphatic rings. The highest BCUT2D eigenvalue weighted by Gasteiger charge is 1.81. The van der Waals surface area contributed by atoms with Crippen LogP contribution < -0.4 is 0 Å². The van der Waals surface area contributed by atoms with E-state index in [1.807, 2.05) is 6.92 Å². The molecule has 0 spiro atoms. The molecule has 0 heterocycles. The first-order valence-corrected chi connectivity index (χ1v) is 2.78. The van der Waals surface area contributed by atoms with Gasteiger partial charge in [0.2, 0.25) is 5.88 Å². The maximum Gasteiger partial charge on any atom is 0.205 e. The van der Waals surface area contributed by atoms with Crippen molar-refractivity contribution >= 4 is 6.21 Å². The quantitative estimate of drug-likeness (QED) is 0.414. The van der Waals surface area contributed by atoms with Crippen molar-refractivity contribution in [1.82, 2.24) is 0 Å². The standard InChI is InChI=1S/C7H11NO/c1-4-6-8-7(3)9-5-2/h4,6H,1,3,5H2,2H3/b8-6-. The third-order valence-corrected chi connectivity index (χ3v) is 0.635. The minimum Gasteiger partial charge on any atom is -0.478 e. The zero-order valence-corrected chi connectivity index (χ0v) is 5.63. The fourth-order valence-electron chi connectivity index (χ4n) is 0.340. The molecule has 0 aromatic carbocycles. The summed E-state index contributed by atoms with van der Waals surface area (Å²) >= 11 is 0. The second-order valence-corrected chi connectivity index (χ2v) is 1.34. The number of allylic oxidation sites excluding steroid dienone is 1. The third-order valence-electron chi connectivity index (χ3n) is 0.635. The molecule has 0 aliphatic heterocycles. The van der Waals surface area contributed by atoms with Crippen LogP contribution in [0.25, 0.3) is 0 Å². The van der Waals surface area contributed by atoms with Crippen LogP contribution in [0.15, 0.2) is 30.1 Å². The van der Waals surface area contributed by atoms with Crippen molar-refractivity contribution in [2.45, 2.75) is 6.92 Å². The molecule has 0 rings (SSSR count). The molecule has 9 heavy (non-hydrogen) atoms. The molecule has 50 valence electrons. The Kier molecular flexibility index (Phi) is 4.50. The van der Waals surface area contributed by atoms with Crippen LogP contribution in [-0.4, -0.2) is 12.8 Å². The van der Waals surface area contributed by atoms with Gasteiger partial charge in [0.25, 0.3) is 0 Å². The van der Waals surface area contributed by atoms with Gasteiger partial charge in [0, 0.05) is 6.21 Å². The van der Waals surface area contributed by atoms with Gasteiger partial charge in [0.1, 0.15) is 0 Å². The molecule has 0 fully saturated rings. The molecule has 0 atom stereocenters. The van der Waals surface area contributed by atoms with E-state index < -0.39 is 0 Å². The van der Waals surface area contributed by atoms with Crippen molar-refractivity contribution in [3.05, 3.63) is 25.1 Å². The Hall–Kier alpha value is -1.05. The van der Waals surface area contributed by atoms with Gasteiger partial charge < -0.3 is 4.74 Å². The predicted octanol–water partition coefficient (Wildman–Crippen LogP) is 1.75. The average molecular weight is 125 g/mol. The molecular formula is C7H11NO. The molecule has 0 aliphatic carbocycles. The number of nitrogens with zero attached hydrogens (tertiary/aromatic N) is 1. The third kappa shape index (κ3) is 4.81. The number of aliphatic imine (C=N–C) groups is 1. The van der Waals surface area contributed by atoms with Gasteiger partial charge >= 0.3 is 0 Å². The van der Waals surface area contributed by atoms with Gasteiger partial charge in [0.05, 0.1) is 6.61 Å². The van der Waals surface area contributed by atoms with Gasteiger partial charge in [-0.2, -0.15) is 0 Å². The highest BCUT2D eigenvalue weighted by Crippen LogP contribution is 1.91. The number of ether oxygens (including phenoxy) is 1. The van der Waals surface area contributed by atoms with Gasteiger partial charge in [-0.15, -0.1) is 0 Å². The summed E-state index contributed by atoms with van der Waals surface area (Å²) in [5.41, 5.74) is 0. The van der Waals surface area contributed by atoms with Crippen molar-refractivity contribution < 1.29 is 4.74 Å². The largest absolute Gasteiger partial charge is 0.478 e. The number of rotatable bonds is 4. The molecule has 0 unspecified atom stereocenters. The van der Waals surface area contributed by atoms with Crippen LogP contribution in [0.1, 0.15) is 6.92 Å². The van der Waals surface area contributed by atoms with Crippen LogP contribution in [0.3, 0.4) is 0 Å². The summed E-state index contributed by atoms with van der Waals surface area (Å²) in [5.74, 6) is 0.428. The minimum absolute atomic E-state index is 0.428.